The highest BCUT2D eigenvalue weighted by Gasteiger charge is 2.17. The lowest BCUT2D eigenvalue weighted by atomic mass is 9.87. The number of ether oxygens (including phenoxy) is 2. The fourth-order valence-electron chi connectivity index (χ4n) is 1.48. The van der Waals surface area contributed by atoms with E-state index in [2.05, 4.69) is 26.8 Å². The Kier molecular flexibility index (Phi) is 2.43. The van der Waals surface area contributed by atoms with Crippen LogP contribution in [0.15, 0.2) is 30.5 Å². The highest BCUT2D eigenvalue weighted by Crippen LogP contribution is 2.34. The molecule has 15 heavy (non-hydrogen) atoms. The van der Waals surface area contributed by atoms with Crippen LogP contribution in [0, 0.1) is 0 Å². The van der Waals surface area contributed by atoms with Crippen molar-refractivity contribution in [1.29, 1.82) is 0 Å². The predicted molar refractivity (Wildman–Crippen MR) is 60.4 cm³/mol. The van der Waals surface area contributed by atoms with Gasteiger partial charge in [-0.1, -0.05) is 26.8 Å². The first kappa shape index (κ1) is 10.1. The Morgan fingerprint density at radius 3 is 2.67 bits per heavy atom. The van der Waals surface area contributed by atoms with Gasteiger partial charge < -0.3 is 9.47 Å². The second-order valence-electron chi connectivity index (χ2n) is 4.71. The van der Waals surface area contributed by atoms with Crippen LogP contribution in [0.3, 0.4) is 0 Å². The maximum absolute atomic E-state index is 5.50. The molecule has 1 aliphatic heterocycles. The van der Waals surface area contributed by atoms with E-state index in [0.29, 0.717) is 6.61 Å². The van der Waals surface area contributed by atoms with E-state index in [0.717, 1.165) is 11.5 Å². The highest BCUT2D eigenvalue weighted by molar-refractivity contribution is 5.45. The lowest BCUT2D eigenvalue weighted by molar-refractivity contribution is 0.356. The minimum absolute atomic E-state index is 0.133. The molecule has 0 aliphatic carbocycles. The molecule has 2 heteroatoms. The van der Waals surface area contributed by atoms with Gasteiger partial charge in [0.1, 0.15) is 6.61 Å². The summed E-state index contributed by atoms with van der Waals surface area (Å²) < 4.78 is 11.0. The Bertz CT molecular complexity index is 386. The summed E-state index contributed by atoms with van der Waals surface area (Å²) in [6.45, 7) is 7.12. The molecule has 0 aromatic heterocycles. The lowest BCUT2D eigenvalue weighted by Crippen LogP contribution is -2.11. The summed E-state index contributed by atoms with van der Waals surface area (Å²) in [6, 6.07) is 6.11. The van der Waals surface area contributed by atoms with Gasteiger partial charge in [0, 0.05) is 0 Å². The summed E-state index contributed by atoms with van der Waals surface area (Å²) in [6.07, 6.45) is 3.54. The van der Waals surface area contributed by atoms with Crippen molar-refractivity contribution in [2.45, 2.75) is 26.2 Å². The van der Waals surface area contributed by atoms with Crippen LogP contribution < -0.4 is 9.47 Å². The van der Waals surface area contributed by atoms with Gasteiger partial charge in [0.15, 0.2) is 11.5 Å². The zero-order valence-electron chi connectivity index (χ0n) is 9.41. The van der Waals surface area contributed by atoms with Gasteiger partial charge in [-0.2, -0.15) is 0 Å². The molecule has 2 rings (SSSR count). The third-order valence-electron chi connectivity index (χ3n) is 2.44. The van der Waals surface area contributed by atoms with Crippen molar-refractivity contribution >= 4 is 0 Å². The van der Waals surface area contributed by atoms with Crippen LogP contribution in [0.5, 0.6) is 11.5 Å². The van der Waals surface area contributed by atoms with Crippen molar-refractivity contribution in [2.75, 3.05) is 6.61 Å². The quantitative estimate of drug-likeness (QED) is 0.645. The Balaban J connectivity index is 2.40. The molecule has 0 bridgehead atoms. The lowest BCUT2D eigenvalue weighted by Gasteiger charge is -2.20. The molecule has 0 spiro atoms. The van der Waals surface area contributed by atoms with Gasteiger partial charge in [-0.15, -0.1) is 0 Å². The zero-order valence-corrected chi connectivity index (χ0v) is 9.41. The number of benzene rings is 1. The van der Waals surface area contributed by atoms with E-state index in [1.807, 2.05) is 18.2 Å². The monoisotopic (exact) mass is 204 g/mol. The van der Waals surface area contributed by atoms with Gasteiger partial charge in [-0.3, -0.25) is 0 Å². The number of rotatable bonds is 0. The van der Waals surface area contributed by atoms with E-state index in [9.17, 15) is 0 Å². The summed E-state index contributed by atoms with van der Waals surface area (Å²) in [5.74, 6) is 1.61. The Labute approximate surface area is 90.5 Å². The molecule has 80 valence electrons. The van der Waals surface area contributed by atoms with Crippen LogP contribution in [0.25, 0.3) is 0 Å². The summed E-state index contributed by atoms with van der Waals surface area (Å²) in [4.78, 5) is 0. The van der Waals surface area contributed by atoms with Crippen LogP contribution >= 0.6 is 0 Å². The van der Waals surface area contributed by atoms with Crippen molar-refractivity contribution < 1.29 is 9.47 Å². The molecule has 2 nitrogen and oxygen atoms in total. The van der Waals surface area contributed by atoms with E-state index < -0.39 is 0 Å². The molecule has 0 amide bonds. The van der Waals surface area contributed by atoms with Gasteiger partial charge in [0.25, 0.3) is 0 Å². The molecule has 1 aromatic rings. The maximum Gasteiger partial charge on any atom is 0.168 e. The van der Waals surface area contributed by atoms with Gasteiger partial charge in [0.2, 0.25) is 0 Å². The van der Waals surface area contributed by atoms with E-state index in [1.165, 1.54) is 5.56 Å². The third-order valence-corrected chi connectivity index (χ3v) is 2.44. The van der Waals surface area contributed by atoms with Crippen molar-refractivity contribution in [2.24, 2.45) is 0 Å². The Morgan fingerprint density at radius 2 is 1.93 bits per heavy atom. The predicted octanol–water partition coefficient (Wildman–Crippen LogP) is 3.27. The van der Waals surface area contributed by atoms with Crippen molar-refractivity contribution in [3.63, 3.8) is 0 Å². The smallest absolute Gasteiger partial charge is 0.168 e. The van der Waals surface area contributed by atoms with Crippen LogP contribution in [-0.2, 0) is 5.41 Å². The molecule has 1 aliphatic rings. The van der Waals surface area contributed by atoms with Crippen LogP contribution in [0.2, 0.25) is 0 Å². The Morgan fingerprint density at radius 1 is 1.13 bits per heavy atom. The van der Waals surface area contributed by atoms with Crippen LogP contribution in [-0.4, -0.2) is 6.61 Å². The molecule has 0 saturated carbocycles. The summed E-state index contributed by atoms with van der Waals surface area (Å²) in [7, 11) is 0. The number of fused-ring (bicyclic) bond motifs is 1. The highest BCUT2D eigenvalue weighted by atomic mass is 16.5. The van der Waals surface area contributed by atoms with Crippen LogP contribution in [0.1, 0.15) is 26.3 Å². The molecule has 1 heterocycles. The standard InChI is InChI=1S/C13H16O2/c1-13(2,3)10-5-6-11-12(9-10)15-8-4-7-14-11/h4-6,8-9H,7H2,1-3H3. The van der Waals surface area contributed by atoms with Crippen molar-refractivity contribution in [1.82, 2.24) is 0 Å². The fraction of sp³-hybridized carbons (Fsp3) is 0.385. The van der Waals surface area contributed by atoms with E-state index in [4.69, 9.17) is 9.47 Å². The molecular weight excluding hydrogens is 188 g/mol. The topological polar surface area (TPSA) is 18.5 Å². The first-order valence-corrected chi connectivity index (χ1v) is 5.16. The SMILES string of the molecule is CC(C)(C)c1ccc2c(c1)OC=CCO2. The molecule has 0 fully saturated rings. The molecule has 0 N–H and O–H groups in total. The second-order valence-corrected chi connectivity index (χ2v) is 4.71. The molecule has 0 unspecified atom stereocenters. The largest absolute Gasteiger partial charge is 0.485 e. The second kappa shape index (κ2) is 3.61. The fourth-order valence-corrected chi connectivity index (χ4v) is 1.48. The maximum atomic E-state index is 5.50. The Hall–Kier alpha value is -1.44. The van der Waals surface area contributed by atoms with E-state index >= 15 is 0 Å². The minimum Gasteiger partial charge on any atom is -0.485 e. The molecule has 0 saturated heterocycles. The average molecular weight is 204 g/mol. The van der Waals surface area contributed by atoms with Gasteiger partial charge in [-0.05, 0) is 29.2 Å². The average Bonchev–Trinajstić information content (AvgIpc) is 2.39. The van der Waals surface area contributed by atoms with Gasteiger partial charge >= 0.3 is 0 Å². The summed E-state index contributed by atoms with van der Waals surface area (Å²) in [5, 5.41) is 0. The third kappa shape index (κ3) is 2.14. The number of hydrogen-bond acceptors (Lipinski definition) is 2. The number of hydrogen-bond donors (Lipinski definition) is 0. The van der Waals surface area contributed by atoms with E-state index in [-0.39, 0.29) is 5.41 Å². The van der Waals surface area contributed by atoms with Gasteiger partial charge in [-0.25, -0.2) is 0 Å². The van der Waals surface area contributed by atoms with Gasteiger partial charge in [0.05, 0.1) is 6.26 Å². The molecule has 1 aromatic carbocycles. The summed E-state index contributed by atoms with van der Waals surface area (Å²) in [5.41, 5.74) is 1.38. The first-order valence-electron chi connectivity index (χ1n) is 5.16. The molecule has 0 atom stereocenters. The minimum atomic E-state index is 0.133. The summed E-state index contributed by atoms with van der Waals surface area (Å²) >= 11 is 0. The molecule has 0 radical (unpaired) electrons. The van der Waals surface area contributed by atoms with Crippen molar-refractivity contribution in [3.8, 4) is 11.5 Å². The normalized spacial score (nSPS) is 14.9. The zero-order chi connectivity index (χ0) is 10.9. The molecular formula is C13H16O2. The van der Waals surface area contributed by atoms with E-state index in [1.54, 1.807) is 6.26 Å². The first-order chi connectivity index (χ1) is 7.07. The van der Waals surface area contributed by atoms with Crippen LogP contribution in [0.4, 0.5) is 0 Å². The van der Waals surface area contributed by atoms with Crippen molar-refractivity contribution in [3.05, 3.63) is 36.1 Å².